The Kier molecular flexibility index (Phi) is 5.65. The molecular formula is C14H20O4. The summed E-state index contributed by atoms with van der Waals surface area (Å²) in [6, 6.07) is 5.32. The molecule has 1 atom stereocenters. The summed E-state index contributed by atoms with van der Waals surface area (Å²) in [4.78, 5) is 12.2. The maximum absolute atomic E-state index is 12.2. The van der Waals surface area contributed by atoms with Gasteiger partial charge in [0, 0.05) is 13.5 Å². The summed E-state index contributed by atoms with van der Waals surface area (Å²) in [5, 5.41) is 0. The van der Waals surface area contributed by atoms with Gasteiger partial charge in [-0.05, 0) is 25.5 Å². The van der Waals surface area contributed by atoms with Gasteiger partial charge in [0.2, 0.25) is 0 Å². The summed E-state index contributed by atoms with van der Waals surface area (Å²) in [5.41, 5.74) is 0.505. The number of hydrogen-bond donors (Lipinski definition) is 0. The molecule has 100 valence electrons. The highest BCUT2D eigenvalue weighted by Gasteiger charge is 2.18. The Morgan fingerprint density at radius 2 is 1.72 bits per heavy atom. The maximum atomic E-state index is 12.2. The van der Waals surface area contributed by atoms with Crippen LogP contribution in [0.2, 0.25) is 0 Å². The minimum atomic E-state index is 0.00759. The van der Waals surface area contributed by atoms with Crippen LogP contribution in [0.25, 0.3) is 0 Å². The molecule has 1 aromatic carbocycles. The first-order chi connectivity index (χ1) is 8.63. The topological polar surface area (TPSA) is 44.8 Å². The van der Waals surface area contributed by atoms with Crippen LogP contribution in [-0.4, -0.2) is 33.2 Å². The van der Waals surface area contributed by atoms with Crippen molar-refractivity contribution in [1.29, 1.82) is 0 Å². The zero-order valence-corrected chi connectivity index (χ0v) is 11.4. The number of carbonyl (C=O) groups is 1. The zero-order chi connectivity index (χ0) is 13.5. The number of Topliss-reactive ketones (excluding diaryl/α,β-unsaturated/α-hetero) is 1. The molecule has 0 aromatic heterocycles. The third kappa shape index (κ3) is 3.47. The van der Waals surface area contributed by atoms with Crippen LogP contribution in [0.15, 0.2) is 18.2 Å². The van der Waals surface area contributed by atoms with Crippen molar-refractivity contribution in [3.63, 3.8) is 0 Å². The van der Waals surface area contributed by atoms with Crippen LogP contribution in [0.1, 0.15) is 30.1 Å². The first kappa shape index (κ1) is 14.5. The van der Waals surface area contributed by atoms with Crippen LogP contribution in [-0.2, 0) is 4.74 Å². The first-order valence-electron chi connectivity index (χ1n) is 5.91. The minimum absolute atomic E-state index is 0.00759. The fraction of sp³-hybridized carbons (Fsp3) is 0.500. The van der Waals surface area contributed by atoms with E-state index in [-0.39, 0.29) is 11.9 Å². The Morgan fingerprint density at radius 1 is 1.17 bits per heavy atom. The SMILES string of the molecule is COc1cccc(OC)c1C(=O)CCC(C)OC. The molecule has 0 fully saturated rings. The molecule has 0 bridgehead atoms. The molecule has 1 rings (SSSR count). The number of methoxy groups -OCH3 is 3. The maximum Gasteiger partial charge on any atom is 0.170 e. The molecule has 4 nitrogen and oxygen atoms in total. The van der Waals surface area contributed by atoms with Crippen molar-refractivity contribution in [2.75, 3.05) is 21.3 Å². The Labute approximate surface area is 108 Å². The lowest BCUT2D eigenvalue weighted by atomic mass is 10.0. The highest BCUT2D eigenvalue weighted by Crippen LogP contribution is 2.29. The van der Waals surface area contributed by atoms with Crippen LogP contribution in [0.3, 0.4) is 0 Å². The third-order valence-corrected chi connectivity index (χ3v) is 2.89. The monoisotopic (exact) mass is 252 g/mol. The second kappa shape index (κ2) is 7.01. The quantitative estimate of drug-likeness (QED) is 0.700. The fourth-order valence-electron chi connectivity index (χ4n) is 1.70. The summed E-state index contributed by atoms with van der Waals surface area (Å²) >= 11 is 0. The largest absolute Gasteiger partial charge is 0.496 e. The van der Waals surface area contributed by atoms with E-state index in [9.17, 15) is 4.79 Å². The lowest BCUT2D eigenvalue weighted by molar-refractivity contribution is 0.0873. The van der Waals surface area contributed by atoms with Crippen LogP contribution < -0.4 is 9.47 Å². The molecule has 0 heterocycles. The van der Waals surface area contributed by atoms with Crippen LogP contribution >= 0.6 is 0 Å². The van der Waals surface area contributed by atoms with Crippen molar-refractivity contribution in [2.45, 2.75) is 25.9 Å². The predicted octanol–water partition coefficient (Wildman–Crippen LogP) is 2.70. The van der Waals surface area contributed by atoms with Gasteiger partial charge >= 0.3 is 0 Å². The molecule has 0 aliphatic rings. The number of ketones is 1. The fourth-order valence-corrected chi connectivity index (χ4v) is 1.70. The van der Waals surface area contributed by atoms with Gasteiger partial charge in [0.05, 0.1) is 20.3 Å². The van der Waals surface area contributed by atoms with Crippen molar-refractivity contribution in [3.8, 4) is 11.5 Å². The van der Waals surface area contributed by atoms with E-state index in [0.717, 1.165) is 0 Å². The van der Waals surface area contributed by atoms with E-state index in [1.165, 1.54) is 0 Å². The average Bonchev–Trinajstić information content (AvgIpc) is 2.43. The van der Waals surface area contributed by atoms with Gasteiger partial charge in [0.25, 0.3) is 0 Å². The highest BCUT2D eigenvalue weighted by molar-refractivity contribution is 6.01. The normalized spacial score (nSPS) is 12.0. The predicted molar refractivity (Wildman–Crippen MR) is 69.6 cm³/mol. The summed E-state index contributed by atoms with van der Waals surface area (Å²) in [7, 11) is 4.73. The first-order valence-corrected chi connectivity index (χ1v) is 5.91. The summed E-state index contributed by atoms with van der Waals surface area (Å²) < 4.78 is 15.6. The lowest BCUT2D eigenvalue weighted by Gasteiger charge is -2.13. The third-order valence-electron chi connectivity index (χ3n) is 2.89. The molecule has 0 amide bonds. The van der Waals surface area contributed by atoms with Gasteiger partial charge < -0.3 is 14.2 Å². The number of benzene rings is 1. The Morgan fingerprint density at radius 3 is 2.17 bits per heavy atom. The Balaban J connectivity index is 2.89. The van der Waals surface area contributed by atoms with Crippen molar-refractivity contribution in [1.82, 2.24) is 0 Å². The zero-order valence-electron chi connectivity index (χ0n) is 11.4. The Hall–Kier alpha value is -1.55. The van der Waals surface area contributed by atoms with E-state index >= 15 is 0 Å². The molecule has 1 unspecified atom stereocenters. The molecule has 0 spiro atoms. The number of carbonyl (C=O) groups excluding carboxylic acids is 1. The van der Waals surface area contributed by atoms with E-state index in [1.807, 2.05) is 6.92 Å². The molecule has 0 radical (unpaired) electrons. The molecule has 0 saturated heterocycles. The van der Waals surface area contributed by atoms with E-state index in [0.29, 0.717) is 29.9 Å². The minimum Gasteiger partial charge on any atom is -0.496 e. The van der Waals surface area contributed by atoms with Crippen LogP contribution in [0.4, 0.5) is 0 Å². The summed E-state index contributed by atoms with van der Waals surface area (Å²) in [6.07, 6.45) is 1.15. The van der Waals surface area contributed by atoms with Gasteiger partial charge in [-0.1, -0.05) is 6.07 Å². The van der Waals surface area contributed by atoms with E-state index in [1.54, 1.807) is 39.5 Å². The van der Waals surface area contributed by atoms with E-state index < -0.39 is 0 Å². The molecule has 0 aliphatic carbocycles. The molecule has 4 heteroatoms. The average molecular weight is 252 g/mol. The number of hydrogen-bond acceptors (Lipinski definition) is 4. The van der Waals surface area contributed by atoms with Gasteiger partial charge in [0.1, 0.15) is 17.1 Å². The number of ether oxygens (including phenoxy) is 3. The molecule has 1 aromatic rings. The van der Waals surface area contributed by atoms with Crippen molar-refractivity contribution >= 4 is 5.78 Å². The standard InChI is InChI=1S/C14H20O4/c1-10(16-2)8-9-11(15)14-12(17-3)6-5-7-13(14)18-4/h5-7,10H,8-9H2,1-4H3. The molecule has 0 N–H and O–H groups in total. The molecule has 18 heavy (non-hydrogen) atoms. The van der Waals surface area contributed by atoms with Gasteiger partial charge in [-0.2, -0.15) is 0 Å². The van der Waals surface area contributed by atoms with Crippen molar-refractivity contribution in [2.24, 2.45) is 0 Å². The van der Waals surface area contributed by atoms with Gasteiger partial charge in [0.15, 0.2) is 5.78 Å². The van der Waals surface area contributed by atoms with Crippen molar-refractivity contribution in [3.05, 3.63) is 23.8 Å². The van der Waals surface area contributed by atoms with Gasteiger partial charge in [-0.3, -0.25) is 4.79 Å². The van der Waals surface area contributed by atoms with E-state index in [4.69, 9.17) is 14.2 Å². The second-order valence-electron chi connectivity index (χ2n) is 4.05. The molecule has 0 aliphatic heterocycles. The highest BCUT2D eigenvalue weighted by atomic mass is 16.5. The van der Waals surface area contributed by atoms with E-state index in [2.05, 4.69) is 0 Å². The molecule has 0 saturated carbocycles. The van der Waals surface area contributed by atoms with Crippen molar-refractivity contribution < 1.29 is 19.0 Å². The van der Waals surface area contributed by atoms with Gasteiger partial charge in [-0.15, -0.1) is 0 Å². The summed E-state index contributed by atoms with van der Waals surface area (Å²) in [6.45, 7) is 1.94. The van der Waals surface area contributed by atoms with Gasteiger partial charge in [-0.25, -0.2) is 0 Å². The smallest absolute Gasteiger partial charge is 0.170 e. The molecular weight excluding hydrogens is 232 g/mol. The lowest BCUT2D eigenvalue weighted by Crippen LogP contribution is -2.10. The summed E-state index contributed by atoms with van der Waals surface area (Å²) in [5.74, 6) is 1.10. The van der Waals surface area contributed by atoms with Crippen LogP contribution in [0.5, 0.6) is 11.5 Å². The number of rotatable bonds is 7. The Bertz CT molecular complexity index is 379. The second-order valence-corrected chi connectivity index (χ2v) is 4.05. The van der Waals surface area contributed by atoms with Crippen LogP contribution in [0, 0.1) is 0 Å².